The Balaban J connectivity index is 1.97. The van der Waals surface area contributed by atoms with Gasteiger partial charge in [0, 0.05) is 5.69 Å². The summed E-state index contributed by atoms with van der Waals surface area (Å²) in [6.45, 7) is 1.92. The molecule has 0 bridgehead atoms. The van der Waals surface area contributed by atoms with E-state index in [1.807, 2.05) is 37.3 Å². The Morgan fingerprint density at radius 2 is 1.75 bits per heavy atom. The van der Waals surface area contributed by atoms with E-state index in [0.29, 0.717) is 15.7 Å². The number of urea groups is 1. The van der Waals surface area contributed by atoms with E-state index in [-0.39, 0.29) is 12.1 Å². The molecule has 0 saturated carbocycles. The van der Waals surface area contributed by atoms with E-state index in [9.17, 15) is 4.79 Å². The second-order valence-electron chi connectivity index (χ2n) is 4.36. The fourth-order valence-electron chi connectivity index (χ4n) is 1.76. The first-order valence-electron chi connectivity index (χ1n) is 6.14. The number of nitrogens with one attached hydrogen (secondary N) is 2. The van der Waals surface area contributed by atoms with Gasteiger partial charge in [-0.1, -0.05) is 53.5 Å². The van der Waals surface area contributed by atoms with Gasteiger partial charge in [-0.2, -0.15) is 0 Å². The molecule has 2 aromatic rings. The molecule has 2 amide bonds. The van der Waals surface area contributed by atoms with Crippen molar-refractivity contribution in [1.29, 1.82) is 0 Å². The van der Waals surface area contributed by atoms with Crippen molar-refractivity contribution in [2.45, 2.75) is 13.0 Å². The van der Waals surface area contributed by atoms with Crippen LogP contribution >= 0.6 is 23.2 Å². The van der Waals surface area contributed by atoms with Crippen molar-refractivity contribution >= 4 is 34.9 Å². The summed E-state index contributed by atoms with van der Waals surface area (Å²) < 4.78 is 0. The molecular weight excluding hydrogens is 295 g/mol. The third kappa shape index (κ3) is 3.89. The molecule has 0 heterocycles. The first-order valence-corrected chi connectivity index (χ1v) is 6.89. The lowest BCUT2D eigenvalue weighted by Crippen LogP contribution is -2.31. The molecule has 0 aliphatic rings. The third-order valence-corrected chi connectivity index (χ3v) is 3.56. The van der Waals surface area contributed by atoms with Crippen molar-refractivity contribution in [3.05, 3.63) is 64.1 Å². The van der Waals surface area contributed by atoms with Crippen LogP contribution in [0.5, 0.6) is 0 Å². The maximum Gasteiger partial charge on any atom is 0.319 e. The zero-order chi connectivity index (χ0) is 14.5. The van der Waals surface area contributed by atoms with E-state index in [1.54, 1.807) is 18.2 Å². The van der Waals surface area contributed by atoms with E-state index in [4.69, 9.17) is 23.2 Å². The number of halogens is 2. The highest BCUT2D eigenvalue weighted by atomic mass is 35.5. The molecule has 0 spiro atoms. The first kappa shape index (κ1) is 14.7. The summed E-state index contributed by atoms with van der Waals surface area (Å²) in [6.07, 6.45) is 0. The highest BCUT2D eigenvalue weighted by Gasteiger charge is 2.09. The molecule has 0 aromatic heterocycles. The van der Waals surface area contributed by atoms with Gasteiger partial charge in [-0.05, 0) is 30.7 Å². The van der Waals surface area contributed by atoms with Gasteiger partial charge in [-0.15, -0.1) is 0 Å². The summed E-state index contributed by atoms with van der Waals surface area (Å²) in [4.78, 5) is 11.9. The van der Waals surface area contributed by atoms with E-state index in [1.165, 1.54) is 0 Å². The molecular formula is C15H14Cl2N2O. The lowest BCUT2D eigenvalue weighted by atomic mass is 10.1. The number of anilines is 1. The van der Waals surface area contributed by atoms with Gasteiger partial charge in [0.2, 0.25) is 0 Å². The number of hydrogen-bond acceptors (Lipinski definition) is 1. The summed E-state index contributed by atoms with van der Waals surface area (Å²) in [6, 6.07) is 14.3. The van der Waals surface area contributed by atoms with Crippen LogP contribution in [-0.4, -0.2) is 6.03 Å². The van der Waals surface area contributed by atoms with Gasteiger partial charge in [0.1, 0.15) is 0 Å². The third-order valence-electron chi connectivity index (χ3n) is 2.82. The van der Waals surface area contributed by atoms with E-state index in [0.717, 1.165) is 5.56 Å². The predicted octanol–water partition coefficient (Wildman–Crippen LogP) is 4.88. The summed E-state index contributed by atoms with van der Waals surface area (Å²) in [5, 5.41) is 6.43. The number of benzene rings is 2. The molecule has 2 rings (SSSR count). The minimum atomic E-state index is -0.292. The lowest BCUT2D eigenvalue weighted by Gasteiger charge is -2.15. The van der Waals surface area contributed by atoms with Crippen LogP contribution in [-0.2, 0) is 0 Å². The number of carbonyl (C=O) groups is 1. The minimum Gasteiger partial charge on any atom is -0.331 e. The number of carbonyl (C=O) groups excluding carboxylic acids is 1. The summed E-state index contributed by atoms with van der Waals surface area (Å²) in [5.74, 6) is 0. The van der Waals surface area contributed by atoms with Gasteiger partial charge >= 0.3 is 6.03 Å². The van der Waals surface area contributed by atoms with Crippen LogP contribution in [0.4, 0.5) is 10.5 Å². The van der Waals surface area contributed by atoms with Crippen molar-refractivity contribution in [2.24, 2.45) is 0 Å². The topological polar surface area (TPSA) is 41.1 Å². The van der Waals surface area contributed by atoms with E-state index >= 15 is 0 Å². The van der Waals surface area contributed by atoms with Crippen LogP contribution < -0.4 is 10.6 Å². The maximum atomic E-state index is 11.9. The second-order valence-corrected chi connectivity index (χ2v) is 5.17. The van der Waals surface area contributed by atoms with Gasteiger partial charge in [0.05, 0.1) is 16.1 Å². The molecule has 1 atom stereocenters. The average Bonchev–Trinajstić information content (AvgIpc) is 2.44. The van der Waals surface area contributed by atoms with Gasteiger partial charge < -0.3 is 10.6 Å². The Morgan fingerprint density at radius 3 is 2.40 bits per heavy atom. The molecule has 0 fully saturated rings. The van der Waals surface area contributed by atoms with E-state index in [2.05, 4.69) is 10.6 Å². The Labute approximate surface area is 127 Å². The summed E-state index contributed by atoms with van der Waals surface area (Å²) in [5.41, 5.74) is 1.63. The largest absolute Gasteiger partial charge is 0.331 e. The van der Waals surface area contributed by atoms with Crippen molar-refractivity contribution in [3.8, 4) is 0 Å². The van der Waals surface area contributed by atoms with Crippen molar-refractivity contribution in [3.63, 3.8) is 0 Å². The number of amides is 2. The zero-order valence-corrected chi connectivity index (χ0v) is 12.4. The van der Waals surface area contributed by atoms with Crippen LogP contribution in [0.2, 0.25) is 10.0 Å². The summed E-state index contributed by atoms with van der Waals surface area (Å²) >= 11 is 11.7. The van der Waals surface area contributed by atoms with Gasteiger partial charge in [-0.3, -0.25) is 0 Å². The molecule has 0 aliphatic heterocycles. The molecule has 0 aliphatic carbocycles. The SMILES string of the molecule is C[C@@H](NC(=O)Nc1ccc(Cl)c(Cl)c1)c1ccccc1. The van der Waals surface area contributed by atoms with E-state index < -0.39 is 0 Å². The molecule has 2 N–H and O–H groups in total. The van der Waals surface area contributed by atoms with Crippen molar-refractivity contribution in [1.82, 2.24) is 5.32 Å². The normalized spacial score (nSPS) is 11.8. The highest BCUT2D eigenvalue weighted by molar-refractivity contribution is 6.42. The smallest absolute Gasteiger partial charge is 0.319 e. The molecule has 0 radical (unpaired) electrons. The predicted molar refractivity (Wildman–Crippen MR) is 83.5 cm³/mol. The number of hydrogen-bond donors (Lipinski definition) is 2. The van der Waals surface area contributed by atoms with Gasteiger partial charge in [0.25, 0.3) is 0 Å². The highest BCUT2D eigenvalue weighted by Crippen LogP contribution is 2.25. The van der Waals surface area contributed by atoms with Crippen LogP contribution in [0, 0.1) is 0 Å². The lowest BCUT2D eigenvalue weighted by molar-refractivity contribution is 0.249. The molecule has 0 unspecified atom stereocenters. The molecule has 104 valence electrons. The van der Waals surface area contributed by atoms with Gasteiger partial charge in [-0.25, -0.2) is 4.79 Å². The van der Waals surface area contributed by atoms with Crippen LogP contribution in [0.3, 0.4) is 0 Å². The average molecular weight is 309 g/mol. The monoisotopic (exact) mass is 308 g/mol. The standard InChI is InChI=1S/C15H14Cl2N2O/c1-10(11-5-3-2-4-6-11)18-15(20)19-12-7-8-13(16)14(17)9-12/h2-10H,1H3,(H2,18,19,20)/t10-/m1/s1. The van der Waals surface area contributed by atoms with Crippen molar-refractivity contribution in [2.75, 3.05) is 5.32 Å². The van der Waals surface area contributed by atoms with Crippen LogP contribution in [0.1, 0.15) is 18.5 Å². The summed E-state index contributed by atoms with van der Waals surface area (Å²) in [7, 11) is 0. The Hall–Kier alpha value is -1.71. The second kappa shape index (κ2) is 6.64. The van der Waals surface area contributed by atoms with Crippen LogP contribution in [0.25, 0.3) is 0 Å². The molecule has 2 aromatic carbocycles. The van der Waals surface area contributed by atoms with Crippen LogP contribution in [0.15, 0.2) is 48.5 Å². The quantitative estimate of drug-likeness (QED) is 0.834. The molecule has 5 heteroatoms. The Morgan fingerprint density at radius 1 is 1.05 bits per heavy atom. The Bertz CT molecular complexity index is 602. The maximum absolute atomic E-state index is 11.9. The first-order chi connectivity index (χ1) is 9.56. The zero-order valence-electron chi connectivity index (χ0n) is 10.9. The Kier molecular flexibility index (Phi) is 4.88. The fraction of sp³-hybridized carbons (Fsp3) is 0.133. The van der Waals surface area contributed by atoms with Crippen molar-refractivity contribution < 1.29 is 4.79 Å². The fourth-order valence-corrected chi connectivity index (χ4v) is 2.06. The molecule has 20 heavy (non-hydrogen) atoms. The number of rotatable bonds is 3. The van der Waals surface area contributed by atoms with Gasteiger partial charge in [0.15, 0.2) is 0 Å². The molecule has 3 nitrogen and oxygen atoms in total. The minimum absolute atomic E-state index is 0.0843. The molecule has 0 saturated heterocycles.